The molecule has 1 amide bonds. The first-order chi connectivity index (χ1) is 10.9. The van der Waals surface area contributed by atoms with Crippen molar-refractivity contribution in [3.63, 3.8) is 0 Å². The third kappa shape index (κ3) is 3.91. The topological polar surface area (TPSA) is 88.8 Å². The zero-order valence-electron chi connectivity index (χ0n) is 12.4. The summed E-state index contributed by atoms with van der Waals surface area (Å²) in [5, 5.41) is 2.62. The molecule has 0 radical (unpaired) electrons. The molecule has 1 aromatic heterocycles. The van der Waals surface area contributed by atoms with Gasteiger partial charge in [-0.15, -0.1) is 0 Å². The Labute approximate surface area is 138 Å². The van der Waals surface area contributed by atoms with Crippen molar-refractivity contribution in [3.8, 4) is 0 Å². The second-order valence-electron chi connectivity index (χ2n) is 4.50. The standard InChI is InChI=1S/C14H15ClN2O5S/c1-17(21-2)23(19,20)13-8-10(5-6-12(13)15)14(18)16-9-11-4-3-7-22-11/h3-8H,9H2,1-2H3,(H,16,18). The van der Waals surface area contributed by atoms with E-state index in [0.717, 1.165) is 0 Å². The molecule has 1 N–H and O–H groups in total. The number of halogens is 1. The van der Waals surface area contributed by atoms with Crippen LogP contribution in [0.15, 0.2) is 45.9 Å². The van der Waals surface area contributed by atoms with Crippen molar-refractivity contribution >= 4 is 27.5 Å². The van der Waals surface area contributed by atoms with Gasteiger partial charge in [-0.2, -0.15) is 0 Å². The molecule has 0 bridgehead atoms. The molecule has 0 spiro atoms. The van der Waals surface area contributed by atoms with Crippen LogP contribution in [0.1, 0.15) is 16.1 Å². The average Bonchev–Trinajstić information content (AvgIpc) is 3.05. The van der Waals surface area contributed by atoms with Crippen LogP contribution in [0.2, 0.25) is 5.02 Å². The van der Waals surface area contributed by atoms with E-state index in [9.17, 15) is 13.2 Å². The van der Waals surface area contributed by atoms with Crippen molar-refractivity contribution in [1.29, 1.82) is 0 Å². The number of nitrogens with one attached hydrogen (secondary N) is 1. The number of furan rings is 1. The molecule has 0 saturated carbocycles. The van der Waals surface area contributed by atoms with Crippen LogP contribution in [-0.4, -0.2) is 33.0 Å². The fourth-order valence-corrected chi connectivity index (χ4v) is 3.24. The highest BCUT2D eigenvalue weighted by atomic mass is 35.5. The van der Waals surface area contributed by atoms with Crippen LogP contribution in [-0.2, 0) is 21.4 Å². The molecule has 0 fully saturated rings. The van der Waals surface area contributed by atoms with E-state index in [1.165, 1.54) is 38.6 Å². The van der Waals surface area contributed by atoms with Gasteiger partial charge in [0.1, 0.15) is 10.7 Å². The highest BCUT2D eigenvalue weighted by Gasteiger charge is 2.25. The fourth-order valence-electron chi connectivity index (χ4n) is 1.76. The molecule has 0 aliphatic carbocycles. The number of nitrogens with zero attached hydrogens (tertiary/aromatic N) is 1. The van der Waals surface area contributed by atoms with Crippen LogP contribution in [0.5, 0.6) is 0 Å². The largest absolute Gasteiger partial charge is 0.467 e. The lowest BCUT2D eigenvalue weighted by molar-refractivity contribution is -0.0258. The number of hydroxylamine groups is 1. The molecule has 1 aromatic carbocycles. The predicted octanol–water partition coefficient (Wildman–Crippen LogP) is 2.04. The van der Waals surface area contributed by atoms with Crippen molar-refractivity contribution in [2.75, 3.05) is 14.2 Å². The van der Waals surface area contributed by atoms with Crippen molar-refractivity contribution < 1.29 is 22.5 Å². The minimum Gasteiger partial charge on any atom is -0.467 e. The normalized spacial score (nSPS) is 11.7. The number of hydrogen-bond acceptors (Lipinski definition) is 5. The number of sulfonamides is 1. The third-order valence-electron chi connectivity index (χ3n) is 3.07. The molecule has 0 aliphatic rings. The van der Waals surface area contributed by atoms with Crippen LogP contribution in [0, 0.1) is 0 Å². The molecular weight excluding hydrogens is 344 g/mol. The molecule has 2 aromatic rings. The minimum atomic E-state index is -3.95. The van der Waals surface area contributed by atoms with Gasteiger partial charge in [0.25, 0.3) is 15.9 Å². The van der Waals surface area contributed by atoms with Gasteiger partial charge in [0.05, 0.1) is 24.9 Å². The van der Waals surface area contributed by atoms with Crippen molar-refractivity contribution in [2.45, 2.75) is 11.4 Å². The Morgan fingerprint density at radius 1 is 1.39 bits per heavy atom. The zero-order chi connectivity index (χ0) is 17.0. The quantitative estimate of drug-likeness (QED) is 0.798. The number of amides is 1. The predicted molar refractivity (Wildman–Crippen MR) is 83.3 cm³/mol. The molecule has 1 heterocycles. The third-order valence-corrected chi connectivity index (χ3v) is 5.23. The SMILES string of the molecule is CON(C)S(=O)(=O)c1cc(C(=O)NCc2ccco2)ccc1Cl. The first-order valence-corrected chi connectivity index (χ1v) is 8.31. The summed E-state index contributed by atoms with van der Waals surface area (Å²) >= 11 is 5.94. The van der Waals surface area contributed by atoms with Gasteiger partial charge in [-0.1, -0.05) is 16.1 Å². The number of rotatable bonds is 6. The lowest BCUT2D eigenvalue weighted by Crippen LogP contribution is -2.27. The van der Waals surface area contributed by atoms with Crippen LogP contribution >= 0.6 is 11.6 Å². The van der Waals surface area contributed by atoms with Gasteiger partial charge in [-0.25, -0.2) is 8.42 Å². The Balaban J connectivity index is 2.24. The van der Waals surface area contributed by atoms with Crippen molar-refractivity contribution in [3.05, 3.63) is 52.9 Å². The monoisotopic (exact) mass is 358 g/mol. The zero-order valence-corrected chi connectivity index (χ0v) is 14.0. The first-order valence-electron chi connectivity index (χ1n) is 6.49. The molecule has 0 unspecified atom stereocenters. The summed E-state index contributed by atoms with van der Waals surface area (Å²) in [6, 6.07) is 7.40. The lowest BCUT2D eigenvalue weighted by Gasteiger charge is -2.15. The summed E-state index contributed by atoms with van der Waals surface area (Å²) in [5.74, 6) is 0.133. The van der Waals surface area contributed by atoms with Crippen molar-refractivity contribution in [2.24, 2.45) is 0 Å². The van der Waals surface area contributed by atoms with Gasteiger partial charge in [-0.05, 0) is 30.3 Å². The minimum absolute atomic E-state index is 0.00326. The number of hydrogen-bond donors (Lipinski definition) is 1. The molecule has 0 saturated heterocycles. The van der Waals surface area contributed by atoms with Crippen molar-refractivity contribution in [1.82, 2.24) is 9.79 Å². The number of carbonyl (C=O) groups excluding carboxylic acids is 1. The maximum absolute atomic E-state index is 12.3. The fraction of sp³-hybridized carbons (Fsp3) is 0.214. The molecule has 9 heteroatoms. The van der Waals surface area contributed by atoms with E-state index in [4.69, 9.17) is 20.9 Å². The van der Waals surface area contributed by atoms with E-state index in [-0.39, 0.29) is 22.0 Å². The van der Waals surface area contributed by atoms with Gasteiger partial charge in [-0.3, -0.25) is 9.63 Å². The number of carbonyl (C=O) groups is 1. The van der Waals surface area contributed by atoms with E-state index in [1.54, 1.807) is 12.1 Å². The van der Waals surface area contributed by atoms with Crippen LogP contribution < -0.4 is 5.32 Å². The second kappa shape index (κ2) is 7.14. The maximum atomic E-state index is 12.3. The molecule has 7 nitrogen and oxygen atoms in total. The lowest BCUT2D eigenvalue weighted by atomic mass is 10.2. The van der Waals surface area contributed by atoms with Gasteiger partial charge in [0, 0.05) is 12.6 Å². The second-order valence-corrected chi connectivity index (χ2v) is 6.82. The highest BCUT2D eigenvalue weighted by Crippen LogP contribution is 2.25. The summed E-state index contributed by atoms with van der Waals surface area (Å²) < 4.78 is 30.3. The van der Waals surface area contributed by atoms with Gasteiger partial charge in [0.2, 0.25) is 0 Å². The molecule has 2 rings (SSSR count). The number of benzene rings is 1. The van der Waals surface area contributed by atoms with Gasteiger partial charge >= 0.3 is 0 Å². The molecule has 0 aliphatic heterocycles. The Morgan fingerprint density at radius 2 is 2.13 bits per heavy atom. The average molecular weight is 359 g/mol. The summed E-state index contributed by atoms with van der Waals surface area (Å²) in [7, 11) is -1.51. The summed E-state index contributed by atoms with van der Waals surface area (Å²) in [6.45, 7) is 0.189. The van der Waals surface area contributed by atoms with E-state index < -0.39 is 15.9 Å². The van der Waals surface area contributed by atoms with E-state index in [0.29, 0.717) is 10.2 Å². The highest BCUT2D eigenvalue weighted by molar-refractivity contribution is 7.89. The molecular formula is C14H15ClN2O5S. The van der Waals surface area contributed by atoms with E-state index in [2.05, 4.69) is 5.32 Å². The van der Waals surface area contributed by atoms with Gasteiger partial charge in [0.15, 0.2) is 0 Å². The van der Waals surface area contributed by atoms with E-state index >= 15 is 0 Å². The molecule has 124 valence electrons. The Kier molecular flexibility index (Phi) is 5.42. The molecule has 0 atom stereocenters. The van der Waals surface area contributed by atoms with Crippen LogP contribution in [0.4, 0.5) is 0 Å². The van der Waals surface area contributed by atoms with E-state index in [1.807, 2.05) is 0 Å². The molecule has 23 heavy (non-hydrogen) atoms. The summed E-state index contributed by atoms with van der Waals surface area (Å²) in [5.41, 5.74) is 0.157. The van der Waals surface area contributed by atoms with Gasteiger partial charge < -0.3 is 9.73 Å². The first kappa shape index (κ1) is 17.5. The van der Waals surface area contributed by atoms with Crippen LogP contribution in [0.25, 0.3) is 0 Å². The smallest absolute Gasteiger partial charge is 0.266 e. The van der Waals surface area contributed by atoms with Crippen LogP contribution in [0.3, 0.4) is 0 Å². The Bertz CT molecular complexity index is 790. The summed E-state index contributed by atoms with van der Waals surface area (Å²) in [6.07, 6.45) is 1.50. The Morgan fingerprint density at radius 3 is 2.74 bits per heavy atom. The summed E-state index contributed by atoms with van der Waals surface area (Å²) in [4.78, 5) is 16.6. The Hall–Kier alpha value is -1.87. The maximum Gasteiger partial charge on any atom is 0.266 e.